The zero-order valence-electron chi connectivity index (χ0n) is 12.9. The molecule has 4 heteroatoms. The van der Waals surface area contributed by atoms with Gasteiger partial charge < -0.3 is 15.4 Å². The van der Waals surface area contributed by atoms with Crippen LogP contribution >= 0.6 is 0 Å². The van der Waals surface area contributed by atoms with Crippen LogP contribution in [0, 0.1) is 23.2 Å². The number of hydrogen-bond acceptors (Lipinski definition) is 3. The normalized spacial score (nSPS) is 51.1. The number of amides is 1. The third-order valence-electron chi connectivity index (χ3n) is 7.58. The Morgan fingerprint density at radius 1 is 1.35 bits per heavy atom. The lowest BCUT2D eigenvalue weighted by molar-refractivity contribution is -0.152. The first kappa shape index (κ1) is 12.7. The van der Waals surface area contributed by atoms with Crippen molar-refractivity contribution in [2.45, 2.75) is 24.0 Å². The van der Waals surface area contributed by atoms with Gasteiger partial charge in [-0.3, -0.25) is 4.79 Å². The van der Waals surface area contributed by atoms with Gasteiger partial charge in [-0.2, -0.15) is 0 Å². The van der Waals surface area contributed by atoms with Crippen molar-refractivity contribution in [3.63, 3.8) is 0 Å². The van der Waals surface area contributed by atoms with Gasteiger partial charge in [0.2, 0.25) is 5.91 Å². The van der Waals surface area contributed by atoms with Gasteiger partial charge in [0.25, 0.3) is 0 Å². The van der Waals surface area contributed by atoms with Crippen molar-refractivity contribution in [2.24, 2.45) is 23.2 Å². The molecule has 2 aliphatic carbocycles. The number of hydrogen-bond donors (Lipinski definition) is 2. The molecule has 1 aromatic carbocycles. The lowest BCUT2D eigenvalue weighted by atomic mass is 9.51. The Kier molecular flexibility index (Phi) is 2.05. The monoisotopic (exact) mass is 308 g/mol. The van der Waals surface area contributed by atoms with Gasteiger partial charge in [0.05, 0.1) is 12.7 Å². The molecule has 7 atom stereocenters. The highest BCUT2D eigenvalue weighted by atomic mass is 16.5. The van der Waals surface area contributed by atoms with Gasteiger partial charge in [-0.15, -0.1) is 6.58 Å². The third-order valence-corrected chi connectivity index (χ3v) is 7.58. The number of carbonyl (C=O) groups is 1. The van der Waals surface area contributed by atoms with E-state index in [4.69, 9.17) is 4.74 Å². The smallest absolute Gasteiger partial charge is 0.238 e. The number of fused-ring (bicyclic) bond motifs is 5. The van der Waals surface area contributed by atoms with Crippen LogP contribution in [-0.4, -0.2) is 31.2 Å². The molecule has 5 aliphatic rings. The molecule has 2 N–H and O–H groups in total. The van der Waals surface area contributed by atoms with Crippen molar-refractivity contribution >= 4 is 11.6 Å². The van der Waals surface area contributed by atoms with E-state index in [2.05, 4.69) is 29.4 Å². The Morgan fingerprint density at radius 2 is 2.22 bits per heavy atom. The van der Waals surface area contributed by atoms with Gasteiger partial charge in [0.15, 0.2) is 0 Å². The molecular weight excluding hydrogens is 288 g/mol. The van der Waals surface area contributed by atoms with Crippen LogP contribution in [0.25, 0.3) is 0 Å². The van der Waals surface area contributed by atoms with Gasteiger partial charge in [0.1, 0.15) is 5.41 Å². The summed E-state index contributed by atoms with van der Waals surface area (Å²) in [6.07, 6.45) is 3.13. The number of para-hydroxylation sites is 1. The van der Waals surface area contributed by atoms with Crippen molar-refractivity contribution in [1.29, 1.82) is 0 Å². The Morgan fingerprint density at radius 3 is 3.09 bits per heavy atom. The minimum Gasteiger partial charge on any atom is -0.376 e. The molecule has 1 spiro atoms. The van der Waals surface area contributed by atoms with E-state index in [-0.39, 0.29) is 23.3 Å². The first-order chi connectivity index (χ1) is 11.2. The van der Waals surface area contributed by atoms with Gasteiger partial charge in [0, 0.05) is 35.5 Å². The van der Waals surface area contributed by atoms with Crippen molar-refractivity contribution < 1.29 is 9.53 Å². The van der Waals surface area contributed by atoms with Crippen molar-refractivity contribution in [3.8, 4) is 0 Å². The predicted octanol–water partition coefficient (Wildman–Crippen LogP) is 1.69. The maximum absolute atomic E-state index is 13.3. The summed E-state index contributed by atoms with van der Waals surface area (Å²) >= 11 is 0. The van der Waals surface area contributed by atoms with E-state index in [1.165, 1.54) is 0 Å². The molecule has 0 radical (unpaired) electrons. The zero-order chi connectivity index (χ0) is 15.4. The van der Waals surface area contributed by atoms with Gasteiger partial charge in [-0.1, -0.05) is 24.3 Å². The Hall–Kier alpha value is -1.65. The molecule has 2 saturated heterocycles. The number of anilines is 1. The molecule has 4 nitrogen and oxygen atoms in total. The molecule has 2 unspecified atom stereocenters. The lowest BCUT2D eigenvalue weighted by Gasteiger charge is -2.54. The highest BCUT2D eigenvalue weighted by molar-refractivity contribution is 6.07. The largest absolute Gasteiger partial charge is 0.376 e. The Labute approximate surface area is 135 Å². The molecule has 3 aliphatic heterocycles. The molecule has 1 aromatic rings. The quantitative estimate of drug-likeness (QED) is 0.776. The van der Waals surface area contributed by atoms with Crippen molar-refractivity contribution in [1.82, 2.24) is 5.32 Å². The SMILES string of the molecule is C=CC12CN[C@@H]3[C@H]4CO[C@H](CC41)[C@]1(C(=O)Nc4ccccc41)[C@@H]32. The summed E-state index contributed by atoms with van der Waals surface area (Å²) in [5.74, 6) is 1.52. The zero-order valence-corrected chi connectivity index (χ0v) is 12.9. The highest BCUT2D eigenvalue weighted by Crippen LogP contribution is 2.71. The Bertz CT molecular complexity index is 761. The standard InChI is InChI=1S/C19H20N2O2/c1-2-18-9-20-15-10-8-23-14(7-12(10)18)19(16(15)18)11-5-3-4-6-13(11)21-17(19)22/h2-6,10,12,14-16,20H,1,7-9H2,(H,21,22)/t10-,12?,14+,15+,16-,18?,19-/m0/s1. The minimum absolute atomic E-state index is 0.00428. The van der Waals surface area contributed by atoms with Crippen LogP contribution in [0.15, 0.2) is 36.9 Å². The number of rotatable bonds is 1. The number of piperidine rings is 1. The van der Waals surface area contributed by atoms with E-state index in [0.717, 1.165) is 30.8 Å². The first-order valence-electron chi connectivity index (χ1n) is 8.63. The predicted molar refractivity (Wildman–Crippen MR) is 86.0 cm³/mol. The lowest BCUT2D eigenvalue weighted by Crippen LogP contribution is -2.62. The fourth-order valence-corrected chi connectivity index (χ4v) is 6.91. The van der Waals surface area contributed by atoms with Crippen molar-refractivity contribution in [3.05, 3.63) is 42.5 Å². The number of benzene rings is 1. The average molecular weight is 308 g/mol. The maximum Gasteiger partial charge on any atom is 0.238 e. The van der Waals surface area contributed by atoms with Crippen LogP contribution < -0.4 is 10.6 Å². The van der Waals surface area contributed by atoms with Crippen LogP contribution in [0.2, 0.25) is 0 Å². The average Bonchev–Trinajstić information content (AvgIpc) is 3.13. The van der Waals surface area contributed by atoms with Gasteiger partial charge in [-0.25, -0.2) is 0 Å². The van der Waals surface area contributed by atoms with E-state index in [1.807, 2.05) is 18.2 Å². The number of nitrogens with one attached hydrogen (secondary N) is 2. The van der Waals surface area contributed by atoms with E-state index >= 15 is 0 Å². The molecule has 0 aromatic heterocycles. The molecule has 23 heavy (non-hydrogen) atoms. The van der Waals surface area contributed by atoms with E-state index in [1.54, 1.807) is 0 Å². The van der Waals surface area contributed by atoms with Crippen LogP contribution in [0.1, 0.15) is 12.0 Å². The van der Waals surface area contributed by atoms with E-state index < -0.39 is 5.41 Å². The van der Waals surface area contributed by atoms with E-state index in [0.29, 0.717) is 17.9 Å². The summed E-state index contributed by atoms with van der Waals surface area (Å²) in [5.41, 5.74) is 1.58. The maximum atomic E-state index is 13.3. The van der Waals surface area contributed by atoms with Gasteiger partial charge in [-0.05, 0) is 24.0 Å². The first-order valence-corrected chi connectivity index (χ1v) is 8.63. The summed E-state index contributed by atoms with van der Waals surface area (Å²) in [7, 11) is 0. The second kappa shape index (κ2) is 3.70. The molecule has 118 valence electrons. The second-order valence-electron chi connectivity index (χ2n) is 7.90. The topological polar surface area (TPSA) is 50.4 Å². The van der Waals surface area contributed by atoms with E-state index in [9.17, 15) is 4.79 Å². The highest BCUT2D eigenvalue weighted by Gasteiger charge is 2.78. The van der Waals surface area contributed by atoms with Crippen molar-refractivity contribution in [2.75, 3.05) is 18.5 Å². The molecular formula is C19H20N2O2. The fraction of sp³-hybridized carbons (Fsp3) is 0.526. The van der Waals surface area contributed by atoms with Crippen LogP contribution in [0.3, 0.4) is 0 Å². The molecule has 6 rings (SSSR count). The summed E-state index contributed by atoms with van der Waals surface area (Å²) in [5, 5.41) is 6.87. The summed E-state index contributed by atoms with van der Waals surface area (Å²) in [4.78, 5) is 13.3. The van der Waals surface area contributed by atoms with Crippen LogP contribution in [0.4, 0.5) is 5.69 Å². The molecule has 4 fully saturated rings. The number of ether oxygens (including phenoxy) is 1. The van der Waals surface area contributed by atoms with Crippen LogP contribution in [0.5, 0.6) is 0 Å². The fourth-order valence-electron chi connectivity index (χ4n) is 6.91. The third kappa shape index (κ3) is 1.09. The molecule has 2 saturated carbocycles. The van der Waals surface area contributed by atoms with Crippen LogP contribution in [-0.2, 0) is 14.9 Å². The summed E-state index contributed by atoms with van der Waals surface area (Å²) in [6, 6.07) is 8.55. The van der Waals surface area contributed by atoms with Gasteiger partial charge >= 0.3 is 0 Å². The number of carbonyl (C=O) groups excluding carboxylic acids is 1. The second-order valence-corrected chi connectivity index (χ2v) is 7.90. The minimum atomic E-state index is -0.555. The summed E-state index contributed by atoms with van der Waals surface area (Å²) < 4.78 is 6.27. The molecule has 1 amide bonds. The molecule has 3 heterocycles. The molecule has 5 bridgehead atoms. The Balaban J connectivity index is 1.69. The summed E-state index contributed by atoms with van der Waals surface area (Å²) in [6.45, 7) is 5.93.